The van der Waals surface area contributed by atoms with Gasteiger partial charge in [-0.15, -0.1) is 0 Å². The van der Waals surface area contributed by atoms with Crippen molar-refractivity contribution in [3.63, 3.8) is 0 Å². The third-order valence-corrected chi connectivity index (χ3v) is 8.32. The fourth-order valence-electron chi connectivity index (χ4n) is 5.76. The molecule has 2 aliphatic rings. The molecule has 0 radical (unpaired) electrons. The summed E-state index contributed by atoms with van der Waals surface area (Å²) in [6, 6.07) is 14.1. The molecule has 0 aromatic heterocycles. The van der Waals surface area contributed by atoms with Crippen LogP contribution in [0.4, 0.5) is 4.79 Å². The Labute approximate surface area is 245 Å². The van der Waals surface area contributed by atoms with Crippen LogP contribution in [0.5, 0.6) is 0 Å². The summed E-state index contributed by atoms with van der Waals surface area (Å²) < 4.78 is 5.56. The van der Waals surface area contributed by atoms with Gasteiger partial charge in [0.2, 0.25) is 11.8 Å². The molecule has 2 N–H and O–H groups in total. The SMILES string of the molecule is Cc1ccc(C(C(=O)NC2CCCCC2)N(C(=O)C(Cc2ccccc2)NC(=O)OC(C)(C)C)C2CCC2)cc1C. The highest BCUT2D eigenvalue weighted by Crippen LogP contribution is 2.35. The fourth-order valence-corrected chi connectivity index (χ4v) is 5.76. The Morgan fingerprint density at radius 2 is 1.59 bits per heavy atom. The van der Waals surface area contributed by atoms with Crippen LogP contribution in [0.3, 0.4) is 0 Å². The number of alkyl carbamates (subject to hydrolysis) is 1. The lowest BCUT2D eigenvalue weighted by Crippen LogP contribution is -2.58. The Kier molecular flexibility index (Phi) is 10.1. The van der Waals surface area contributed by atoms with Gasteiger partial charge >= 0.3 is 6.09 Å². The average molecular weight is 562 g/mol. The highest BCUT2D eigenvalue weighted by Gasteiger charge is 2.42. The highest BCUT2D eigenvalue weighted by molar-refractivity contribution is 5.92. The molecule has 0 bridgehead atoms. The molecule has 7 heteroatoms. The predicted octanol–water partition coefficient (Wildman–Crippen LogP) is 6.31. The molecule has 4 rings (SSSR count). The minimum absolute atomic E-state index is 0.0788. The van der Waals surface area contributed by atoms with Crippen molar-refractivity contribution in [3.8, 4) is 0 Å². The molecule has 2 unspecified atom stereocenters. The first-order valence-electron chi connectivity index (χ1n) is 15.2. The van der Waals surface area contributed by atoms with Crippen LogP contribution in [0.1, 0.15) is 100 Å². The van der Waals surface area contributed by atoms with E-state index in [1.54, 1.807) is 25.7 Å². The topological polar surface area (TPSA) is 87.7 Å². The van der Waals surface area contributed by atoms with Crippen molar-refractivity contribution >= 4 is 17.9 Å². The van der Waals surface area contributed by atoms with E-state index in [2.05, 4.69) is 10.6 Å². The van der Waals surface area contributed by atoms with E-state index >= 15 is 0 Å². The van der Waals surface area contributed by atoms with Gasteiger partial charge in [-0.05, 0) is 89.0 Å². The summed E-state index contributed by atoms with van der Waals surface area (Å²) in [5.41, 5.74) is 3.23. The third kappa shape index (κ3) is 8.34. The number of benzene rings is 2. The van der Waals surface area contributed by atoms with E-state index in [4.69, 9.17) is 4.74 Å². The molecule has 2 aromatic rings. The number of hydrogen-bond acceptors (Lipinski definition) is 4. The van der Waals surface area contributed by atoms with Gasteiger partial charge in [-0.1, -0.05) is 67.8 Å². The lowest BCUT2D eigenvalue weighted by Gasteiger charge is -2.44. The van der Waals surface area contributed by atoms with E-state index in [-0.39, 0.29) is 23.9 Å². The van der Waals surface area contributed by atoms with Crippen molar-refractivity contribution in [2.75, 3.05) is 0 Å². The second-order valence-electron chi connectivity index (χ2n) is 12.8. The number of amides is 3. The Morgan fingerprint density at radius 1 is 0.902 bits per heavy atom. The van der Waals surface area contributed by atoms with Crippen LogP contribution < -0.4 is 10.6 Å². The van der Waals surface area contributed by atoms with E-state index in [1.165, 1.54) is 6.42 Å². The normalized spacial score (nSPS) is 17.6. The summed E-state index contributed by atoms with van der Waals surface area (Å²) in [6.07, 6.45) is 7.62. The van der Waals surface area contributed by atoms with Crippen LogP contribution in [-0.4, -0.2) is 46.5 Å². The number of carbonyl (C=O) groups excluding carboxylic acids is 3. The standard InChI is InChI=1S/C34H47N3O4/c1-23-19-20-26(21-24(23)2)30(31(38)35-27-15-10-7-11-16-27)37(28-17-12-18-28)32(39)29(22-25-13-8-6-9-14-25)36-33(40)41-34(3,4)5/h6,8-9,13-14,19-21,27-30H,7,10-12,15-18,22H2,1-5H3,(H,35,38)(H,36,40). The van der Waals surface area contributed by atoms with Crippen molar-refractivity contribution in [3.05, 3.63) is 70.8 Å². The predicted molar refractivity (Wildman–Crippen MR) is 161 cm³/mol. The van der Waals surface area contributed by atoms with E-state index < -0.39 is 23.8 Å². The maximum absolute atomic E-state index is 14.6. The Morgan fingerprint density at radius 3 is 2.17 bits per heavy atom. The lowest BCUT2D eigenvalue weighted by molar-refractivity contribution is -0.147. The molecule has 2 fully saturated rings. The van der Waals surface area contributed by atoms with Crippen LogP contribution >= 0.6 is 0 Å². The second kappa shape index (κ2) is 13.5. The van der Waals surface area contributed by atoms with Crippen LogP contribution in [0.2, 0.25) is 0 Å². The van der Waals surface area contributed by atoms with Crippen LogP contribution in [-0.2, 0) is 20.7 Å². The zero-order chi connectivity index (χ0) is 29.6. The molecule has 222 valence electrons. The number of nitrogens with zero attached hydrogens (tertiary/aromatic N) is 1. The number of aryl methyl sites for hydroxylation is 2. The molecular weight excluding hydrogens is 514 g/mol. The van der Waals surface area contributed by atoms with Crippen LogP contribution in [0.15, 0.2) is 48.5 Å². The maximum Gasteiger partial charge on any atom is 0.408 e. The van der Waals surface area contributed by atoms with E-state index in [1.807, 2.05) is 62.4 Å². The van der Waals surface area contributed by atoms with Crippen molar-refractivity contribution < 1.29 is 19.1 Å². The van der Waals surface area contributed by atoms with Gasteiger partial charge in [0.1, 0.15) is 17.7 Å². The van der Waals surface area contributed by atoms with E-state index in [9.17, 15) is 14.4 Å². The number of rotatable bonds is 9. The smallest absolute Gasteiger partial charge is 0.408 e. The molecule has 2 saturated carbocycles. The zero-order valence-electron chi connectivity index (χ0n) is 25.4. The van der Waals surface area contributed by atoms with Crippen molar-refractivity contribution in [1.82, 2.24) is 15.5 Å². The third-order valence-electron chi connectivity index (χ3n) is 8.32. The number of ether oxygens (including phenoxy) is 1. The van der Waals surface area contributed by atoms with Crippen LogP contribution in [0.25, 0.3) is 0 Å². The summed E-state index contributed by atoms with van der Waals surface area (Å²) >= 11 is 0. The lowest BCUT2D eigenvalue weighted by atomic mass is 9.87. The molecule has 0 saturated heterocycles. The maximum atomic E-state index is 14.6. The minimum Gasteiger partial charge on any atom is -0.444 e. The van der Waals surface area contributed by atoms with Crippen molar-refractivity contribution in [2.24, 2.45) is 0 Å². The number of carbonyl (C=O) groups is 3. The summed E-state index contributed by atoms with van der Waals surface area (Å²) in [7, 11) is 0. The van der Waals surface area contributed by atoms with E-state index in [0.717, 1.165) is 67.2 Å². The molecule has 2 aliphatic carbocycles. The van der Waals surface area contributed by atoms with Gasteiger partial charge < -0.3 is 20.3 Å². The van der Waals surface area contributed by atoms with Gasteiger partial charge in [-0.3, -0.25) is 9.59 Å². The largest absolute Gasteiger partial charge is 0.444 e. The molecule has 0 spiro atoms. The Balaban J connectivity index is 1.72. The summed E-state index contributed by atoms with van der Waals surface area (Å²) in [4.78, 5) is 43.5. The molecule has 0 aliphatic heterocycles. The molecule has 41 heavy (non-hydrogen) atoms. The van der Waals surface area contributed by atoms with Crippen molar-refractivity contribution in [1.29, 1.82) is 0 Å². The van der Waals surface area contributed by atoms with Gasteiger partial charge in [0.15, 0.2) is 0 Å². The Hall–Kier alpha value is -3.35. The Bertz CT molecular complexity index is 1200. The quantitative estimate of drug-likeness (QED) is 0.376. The van der Waals surface area contributed by atoms with Gasteiger partial charge in [0, 0.05) is 18.5 Å². The second-order valence-corrected chi connectivity index (χ2v) is 12.8. The first-order chi connectivity index (χ1) is 19.5. The van der Waals surface area contributed by atoms with Crippen LogP contribution in [0, 0.1) is 13.8 Å². The van der Waals surface area contributed by atoms with Gasteiger partial charge in [-0.25, -0.2) is 4.79 Å². The monoisotopic (exact) mass is 561 g/mol. The number of nitrogens with one attached hydrogen (secondary N) is 2. The summed E-state index contributed by atoms with van der Waals surface area (Å²) in [6.45, 7) is 9.48. The highest BCUT2D eigenvalue weighted by atomic mass is 16.6. The zero-order valence-corrected chi connectivity index (χ0v) is 25.4. The molecule has 0 heterocycles. The molecular formula is C34H47N3O4. The fraction of sp³-hybridized carbons (Fsp3) is 0.559. The summed E-state index contributed by atoms with van der Waals surface area (Å²) in [5, 5.41) is 6.17. The van der Waals surface area contributed by atoms with Crippen molar-refractivity contribution in [2.45, 2.75) is 122 Å². The number of hydrogen-bond donors (Lipinski definition) is 2. The first-order valence-corrected chi connectivity index (χ1v) is 15.2. The minimum atomic E-state index is -0.885. The summed E-state index contributed by atoms with van der Waals surface area (Å²) in [5.74, 6) is -0.400. The molecule has 3 amide bonds. The molecule has 7 nitrogen and oxygen atoms in total. The first kappa shape index (κ1) is 30.6. The van der Waals surface area contributed by atoms with Gasteiger partial charge in [-0.2, -0.15) is 0 Å². The van der Waals surface area contributed by atoms with Gasteiger partial charge in [0.25, 0.3) is 0 Å². The average Bonchev–Trinajstić information content (AvgIpc) is 2.88. The van der Waals surface area contributed by atoms with Gasteiger partial charge in [0.05, 0.1) is 0 Å². The molecule has 2 atom stereocenters. The molecule has 2 aromatic carbocycles. The van der Waals surface area contributed by atoms with E-state index in [0.29, 0.717) is 6.42 Å².